The lowest BCUT2D eigenvalue weighted by atomic mass is 9.48. The summed E-state index contributed by atoms with van der Waals surface area (Å²) in [7, 11) is 0. The second-order valence-corrected chi connectivity index (χ2v) is 9.52. The highest BCUT2D eigenvalue weighted by Gasteiger charge is 2.54. The topological polar surface area (TPSA) is 74.1 Å². The molecule has 0 spiro atoms. The summed E-state index contributed by atoms with van der Waals surface area (Å²) in [5, 5.41) is 5.12. The van der Waals surface area contributed by atoms with Crippen molar-refractivity contribution in [2.45, 2.75) is 58.4 Å². The molecule has 0 unspecified atom stereocenters. The molecule has 2 aromatic rings. The number of ketones is 1. The van der Waals surface area contributed by atoms with Crippen LogP contribution < -0.4 is 0 Å². The third-order valence-corrected chi connectivity index (χ3v) is 7.12. The minimum atomic E-state index is -0.482. The average Bonchev–Trinajstić information content (AvgIpc) is 3.08. The van der Waals surface area contributed by atoms with Gasteiger partial charge in [0.1, 0.15) is 0 Å². The number of pyridine rings is 1. The van der Waals surface area contributed by atoms with E-state index in [9.17, 15) is 9.59 Å². The van der Waals surface area contributed by atoms with E-state index in [-0.39, 0.29) is 23.8 Å². The largest absolute Gasteiger partial charge is 0.454 e. The molecule has 2 heterocycles. The molecular formula is C22H27N3O3. The van der Waals surface area contributed by atoms with Crippen LogP contribution in [0.5, 0.6) is 0 Å². The van der Waals surface area contributed by atoms with Crippen LogP contribution in [-0.4, -0.2) is 33.1 Å². The maximum atomic E-state index is 13.0. The summed E-state index contributed by atoms with van der Waals surface area (Å²) >= 11 is 0. The lowest BCUT2D eigenvalue weighted by Crippen LogP contribution is -2.51. The molecule has 148 valence electrons. The van der Waals surface area contributed by atoms with Crippen LogP contribution in [0.4, 0.5) is 0 Å². The Morgan fingerprint density at radius 3 is 2.39 bits per heavy atom. The lowest BCUT2D eigenvalue weighted by Gasteiger charge is -2.55. The number of carbonyl (C=O) groups excluding carboxylic acids is 2. The Hall–Kier alpha value is -2.24. The summed E-state index contributed by atoms with van der Waals surface area (Å²) in [5.41, 5.74) is 0.889. The van der Waals surface area contributed by atoms with Gasteiger partial charge in [-0.3, -0.25) is 4.79 Å². The minimum Gasteiger partial charge on any atom is -0.454 e. The number of aromatic nitrogens is 3. The molecule has 4 fully saturated rings. The molecule has 4 bridgehead atoms. The predicted molar refractivity (Wildman–Crippen MR) is 104 cm³/mol. The van der Waals surface area contributed by atoms with Gasteiger partial charge in [0.25, 0.3) is 0 Å². The molecule has 0 N–H and O–H groups in total. The molecule has 6 heteroatoms. The number of hydrogen-bond donors (Lipinski definition) is 0. The van der Waals surface area contributed by atoms with Gasteiger partial charge < -0.3 is 4.74 Å². The summed E-state index contributed by atoms with van der Waals surface area (Å²) in [6.07, 6.45) is 10.1. The number of ether oxygens (including phenoxy) is 1. The molecule has 28 heavy (non-hydrogen) atoms. The van der Waals surface area contributed by atoms with Gasteiger partial charge in [0.15, 0.2) is 18.0 Å². The molecule has 6 rings (SSSR count). The predicted octanol–water partition coefficient (Wildman–Crippen LogP) is 3.95. The fourth-order valence-electron chi connectivity index (χ4n) is 6.25. The van der Waals surface area contributed by atoms with E-state index < -0.39 is 5.97 Å². The fraction of sp³-hybridized carbons (Fsp3) is 0.636. The van der Waals surface area contributed by atoms with E-state index in [2.05, 4.69) is 10.1 Å². The minimum absolute atomic E-state index is 0.117. The average molecular weight is 381 g/mol. The van der Waals surface area contributed by atoms with Crippen molar-refractivity contribution in [3.63, 3.8) is 0 Å². The van der Waals surface area contributed by atoms with Gasteiger partial charge in [-0.25, -0.2) is 14.5 Å². The number of carbonyl (C=O) groups is 2. The zero-order valence-corrected chi connectivity index (χ0v) is 16.6. The van der Waals surface area contributed by atoms with Crippen LogP contribution in [0.2, 0.25) is 0 Å². The molecule has 4 aliphatic rings. The molecule has 0 aliphatic heterocycles. The Labute approximate surface area is 164 Å². The van der Waals surface area contributed by atoms with Gasteiger partial charge in [-0.2, -0.15) is 5.10 Å². The molecule has 0 atom stereocenters. The van der Waals surface area contributed by atoms with Crippen molar-refractivity contribution in [3.05, 3.63) is 24.0 Å². The Kier molecular flexibility index (Phi) is 4.07. The smallest absolute Gasteiger partial charge is 0.340 e. The van der Waals surface area contributed by atoms with Crippen molar-refractivity contribution in [2.75, 3.05) is 6.61 Å². The first-order valence-corrected chi connectivity index (χ1v) is 10.5. The van der Waals surface area contributed by atoms with Crippen LogP contribution in [0.15, 0.2) is 18.5 Å². The van der Waals surface area contributed by atoms with Gasteiger partial charge in [-0.05, 0) is 76.2 Å². The standard InChI is InChI=1S/C22H27N3O3/c1-13(2)25-20-17(11-24-25)6-18(10-23-20)21(27)28-12-19(26)22-7-14-3-15(8-22)5-16(4-14)9-22/h6,10-11,13-16H,3-5,7-9,12H2,1-2H3. The first-order chi connectivity index (χ1) is 13.4. The highest BCUT2D eigenvalue weighted by molar-refractivity contribution is 5.95. The molecule has 2 aromatic heterocycles. The van der Waals surface area contributed by atoms with Gasteiger partial charge in [0, 0.05) is 23.0 Å². The zero-order valence-electron chi connectivity index (χ0n) is 16.6. The van der Waals surface area contributed by atoms with Crippen LogP contribution in [-0.2, 0) is 9.53 Å². The third-order valence-electron chi connectivity index (χ3n) is 7.12. The summed E-state index contributed by atoms with van der Waals surface area (Å²) < 4.78 is 7.25. The van der Waals surface area contributed by atoms with Crippen LogP contribution in [0.25, 0.3) is 11.0 Å². The van der Waals surface area contributed by atoms with Crippen molar-refractivity contribution in [1.82, 2.24) is 14.8 Å². The van der Waals surface area contributed by atoms with Crippen LogP contribution in [0.1, 0.15) is 68.8 Å². The van der Waals surface area contributed by atoms with E-state index in [1.807, 2.05) is 18.5 Å². The molecule has 0 amide bonds. The Balaban J connectivity index is 1.27. The fourth-order valence-corrected chi connectivity index (χ4v) is 6.25. The monoisotopic (exact) mass is 381 g/mol. The van der Waals surface area contributed by atoms with Crippen LogP contribution in [0, 0.1) is 23.2 Å². The van der Waals surface area contributed by atoms with Crippen molar-refractivity contribution in [3.8, 4) is 0 Å². The zero-order chi connectivity index (χ0) is 19.5. The maximum Gasteiger partial charge on any atom is 0.340 e. The molecule has 0 aromatic carbocycles. The number of esters is 1. The van der Waals surface area contributed by atoms with Crippen molar-refractivity contribution >= 4 is 22.8 Å². The van der Waals surface area contributed by atoms with E-state index >= 15 is 0 Å². The van der Waals surface area contributed by atoms with Gasteiger partial charge >= 0.3 is 5.97 Å². The molecule has 4 aliphatic carbocycles. The Morgan fingerprint density at radius 1 is 1.14 bits per heavy atom. The molecule has 0 radical (unpaired) electrons. The number of nitrogens with zero attached hydrogens (tertiary/aromatic N) is 3. The number of rotatable bonds is 5. The van der Waals surface area contributed by atoms with Gasteiger partial charge in [0.05, 0.1) is 11.8 Å². The van der Waals surface area contributed by atoms with E-state index in [0.29, 0.717) is 23.3 Å². The van der Waals surface area contributed by atoms with Crippen LogP contribution >= 0.6 is 0 Å². The molecule has 0 saturated heterocycles. The van der Waals surface area contributed by atoms with Gasteiger partial charge in [-0.1, -0.05) is 0 Å². The van der Waals surface area contributed by atoms with E-state index in [0.717, 1.165) is 30.3 Å². The van der Waals surface area contributed by atoms with Crippen molar-refractivity contribution in [2.24, 2.45) is 23.2 Å². The normalized spacial score (nSPS) is 30.9. The SMILES string of the molecule is CC(C)n1ncc2cc(C(=O)OCC(=O)C34CC5CC(CC(C5)C3)C4)cnc21. The van der Waals surface area contributed by atoms with E-state index in [1.54, 1.807) is 12.3 Å². The molecule has 4 saturated carbocycles. The Morgan fingerprint density at radius 2 is 1.79 bits per heavy atom. The summed E-state index contributed by atoms with van der Waals surface area (Å²) in [6, 6.07) is 1.94. The van der Waals surface area contributed by atoms with Crippen molar-refractivity contribution < 1.29 is 14.3 Å². The molecular weight excluding hydrogens is 354 g/mol. The maximum absolute atomic E-state index is 13.0. The first-order valence-electron chi connectivity index (χ1n) is 10.5. The number of Topliss-reactive ketones (excluding diaryl/α,β-unsaturated/α-hetero) is 1. The van der Waals surface area contributed by atoms with E-state index in [1.165, 1.54) is 25.5 Å². The lowest BCUT2D eigenvalue weighted by molar-refractivity contribution is -0.147. The first kappa shape index (κ1) is 17.8. The third kappa shape index (κ3) is 2.85. The summed E-state index contributed by atoms with van der Waals surface area (Å²) in [4.78, 5) is 29.9. The second kappa shape index (κ2) is 6.39. The summed E-state index contributed by atoms with van der Waals surface area (Å²) in [6.45, 7) is 3.95. The quantitative estimate of drug-likeness (QED) is 0.733. The van der Waals surface area contributed by atoms with E-state index in [4.69, 9.17) is 4.74 Å². The van der Waals surface area contributed by atoms with Crippen molar-refractivity contribution in [1.29, 1.82) is 0 Å². The van der Waals surface area contributed by atoms with Gasteiger partial charge in [-0.15, -0.1) is 0 Å². The van der Waals surface area contributed by atoms with Gasteiger partial charge in [0.2, 0.25) is 0 Å². The second-order valence-electron chi connectivity index (χ2n) is 9.52. The highest BCUT2D eigenvalue weighted by atomic mass is 16.5. The van der Waals surface area contributed by atoms with Crippen LogP contribution in [0.3, 0.4) is 0 Å². The highest BCUT2D eigenvalue weighted by Crippen LogP contribution is 2.60. The molecule has 6 nitrogen and oxygen atoms in total. The number of hydrogen-bond acceptors (Lipinski definition) is 5. The summed E-state index contributed by atoms with van der Waals surface area (Å²) in [5.74, 6) is 1.76. The Bertz CT molecular complexity index is 910. The number of fused-ring (bicyclic) bond motifs is 1.